The van der Waals surface area contributed by atoms with Gasteiger partial charge in [0.25, 0.3) is 0 Å². The molecular weight excluding hydrogens is 497 g/mol. The van der Waals surface area contributed by atoms with Crippen molar-refractivity contribution in [1.82, 2.24) is 15.5 Å². The van der Waals surface area contributed by atoms with Crippen LogP contribution in [-0.4, -0.2) is 54.0 Å². The summed E-state index contributed by atoms with van der Waals surface area (Å²) in [6.45, 7) is 3.94. The molecule has 0 spiro atoms. The van der Waals surface area contributed by atoms with E-state index in [-0.39, 0.29) is 36.2 Å². The summed E-state index contributed by atoms with van der Waals surface area (Å²) in [5, 5.41) is 5.33. The normalized spacial score (nSPS) is 15.1. The number of benzene rings is 2. The van der Waals surface area contributed by atoms with Gasteiger partial charge in [-0.05, 0) is 37.6 Å². The zero-order valence-electron chi connectivity index (χ0n) is 19.0. The molecule has 0 atom stereocenters. The van der Waals surface area contributed by atoms with E-state index in [1.54, 1.807) is 19.9 Å². The molecule has 2 N–H and O–H groups in total. The van der Waals surface area contributed by atoms with Crippen molar-refractivity contribution in [3.63, 3.8) is 0 Å². The van der Waals surface area contributed by atoms with Crippen LogP contribution in [0, 0.1) is 0 Å². The molecule has 1 aliphatic rings. The third kappa shape index (κ3) is 7.51. The third-order valence-electron chi connectivity index (χ3n) is 4.52. The first-order valence-corrected chi connectivity index (χ1v) is 11.3. The highest BCUT2D eigenvalue weighted by molar-refractivity contribution is 6.46. The lowest BCUT2D eigenvalue weighted by Crippen LogP contribution is -2.40. The van der Waals surface area contributed by atoms with E-state index in [2.05, 4.69) is 20.6 Å². The first kappa shape index (κ1) is 26.1. The number of carbonyl (C=O) groups is 3. The topological polar surface area (TPSA) is 122 Å². The highest BCUT2D eigenvalue weighted by Gasteiger charge is 2.37. The quantitative estimate of drug-likeness (QED) is 0.250. The van der Waals surface area contributed by atoms with Crippen LogP contribution in [-0.2, 0) is 25.7 Å². The second kappa shape index (κ2) is 12.3. The number of ether oxygens (including phenoxy) is 2. The molecule has 1 saturated heterocycles. The van der Waals surface area contributed by atoms with Gasteiger partial charge in [-0.25, -0.2) is 9.79 Å². The van der Waals surface area contributed by atoms with Crippen LogP contribution in [0.2, 0.25) is 10.0 Å². The van der Waals surface area contributed by atoms with Crippen molar-refractivity contribution in [1.29, 1.82) is 0 Å². The molecule has 2 aromatic rings. The van der Waals surface area contributed by atoms with Crippen LogP contribution in [0.5, 0.6) is 0 Å². The Bertz CT molecular complexity index is 1150. The largest absolute Gasteiger partial charge is 0.447 e. The Balaban J connectivity index is 1.70. The molecule has 0 bridgehead atoms. The molecule has 0 aromatic heterocycles. The number of rotatable bonds is 7. The van der Waals surface area contributed by atoms with Crippen molar-refractivity contribution in [2.24, 2.45) is 9.98 Å². The van der Waals surface area contributed by atoms with Crippen LogP contribution in [0.4, 0.5) is 10.5 Å². The standard InChI is InChI=1S/C23H23Cl2N5O5/c1-14(2)30-20(32)19(31)27-22(30)28-21(26-16-8-9-17(24)18(25)12-16)29-23(33)35-11-10-34-13-15-6-4-3-5-7-15/h3-9,12,14H,10-11,13H2,1-2H3,(H2,26,27,28,29,31,33). The number of nitrogens with one attached hydrogen (secondary N) is 2. The van der Waals surface area contributed by atoms with Crippen molar-refractivity contribution in [3.05, 3.63) is 64.1 Å². The molecule has 3 amide bonds. The third-order valence-corrected chi connectivity index (χ3v) is 5.26. The summed E-state index contributed by atoms with van der Waals surface area (Å²) in [5.41, 5.74) is 1.31. The van der Waals surface area contributed by atoms with Crippen LogP contribution in [0.3, 0.4) is 0 Å². The first-order valence-electron chi connectivity index (χ1n) is 10.6. The average molecular weight is 520 g/mol. The molecule has 1 heterocycles. The minimum absolute atomic E-state index is 0.0252. The average Bonchev–Trinajstić information content (AvgIpc) is 3.09. The summed E-state index contributed by atoms with van der Waals surface area (Å²) in [5.74, 6) is -1.94. The Hall–Kier alpha value is -3.47. The Morgan fingerprint density at radius 1 is 1.09 bits per heavy atom. The van der Waals surface area contributed by atoms with E-state index in [1.807, 2.05) is 30.3 Å². The Labute approximate surface area is 211 Å². The van der Waals surface area contributed by atoms with Gasteiger partial charge in [0.05, 0.1) is 28.9 Å². The van der Waals surface area contributed by atoms with Crippen LogP contribution in [0.25, 0.3) is 0 Å². The zero-order chi connectivity index (χ0) is 25.4. The molecule has 184 valence electrons. The maximum atomic E-state index is 12.4. The van der Waals surface area contributed by atoms with E-state index in [9.17, 15) is 14.4 Å². The number of amides is 3. The van der Waals surface area contributed by atoms with Crippen molar-refractivity contribution < 1.29 is 23.9 Å². The zero-order valence-corrected chi connectivity index (χ0v) is 20.5. The van der Waals surface area contributed by atoms with Gasteiger partial charge < -0.3 is 9.47 Å². The maximum Gasteiger partial charge on any atom is 0.414 e. The molecule has 1 fully saturated rings. The van der Waals surface area contributed by atoms with Crippen molar-refractivity contribution >= 4 is 58.7 Å². The lowest BCUT2D eigenvalue weighted by Gasteiger charge is -2.19. The van der Waals surface area contributed by atoms with Crippen molar-refractivity contribution in [2.75, 3.05) is 13.2 Å². The van der Waals surface area contributed by atoms with Gasteiger partial charge in [0.2, 0.25) is 11.9 Å². The van der Waals surface area contributed by atoms with Gasteiger partial charge in [0, 0.05) is 6.04 Å². The number of aliphatic imine (C=N–C) groups is 2. The summed E-state index contributed by atoms with van der Waals surface area (Å²) in [4.78, 5) is 45.9. The summed E-state index contributed by atoms with van der Waals surface area (Å²) < 4.78 is 10.6. The molecule has 0 unspecified atom stereocenters. The lowest BCUT2D eigenvalue weighted by molar-refractivity contribution is -0.140. The molecule has 0 saturated carbocycles. The van der Waals surface area contributed by atoms with Crippen molar-refractivity contribution in [3.8, 4) is 0 Å². The number of guanidine groups is 2. The predicted molar refractivity (Wildman–Crippen MR) is 132 cm³/mol. The number of hydrogen-bond donors (Lipinski definition) is 2. The van der Waals surface area contributed by atoms with Gasteiger partial charge in [0.15, 0.2) is 0 Å². The van der Waals surface area contributed by atoms with E-state index < -0.39 is 17.9 Å². The van der Waals surface area contributed by atoms with Gasteiger partial charge in [-0.3, -0.25) is 25.1 Å². The van der Waals surface area contributed by atoms with Gasteiger partial charge >= 0.3 is 17.9 Å². The molecule has 0 aliphatic carbocycles. The van der Waals surface area contributed by atoms with E-state index in [4.69, 9.17) is 32.7 Å². The highest BCUT2D eigenvalue weighted by atomic mass is 35.5. The Morgan fingerprint density at radius 2 is 1.83 bits per heavy atom. The summed E-state index contributed by atoms with van der Waals surface area (Å²) >= 11 is 12.0. The molecular formula is C23H23Cl2N5O5. The number of carbonyl (C=O) groups excluding carboxylic acids is 3. The van der Waals surface area contributed by atoms with Gasteiger partial charge in [-0.15, -0.1) is 0 Å². The number of halogens is 2. The minimum atomic E-state index is -0.858. The van der Waals surface area contributed by atoms with E-state index in [1.165, 1.54) is 12.1 Å². The van der Waals surface area contributed by atoms with E-state index in [0.29, 0.717) is 17.3 Å². The van der Waals surface area contributed by atoms with Crippen molar-refractivity contribution in [2.45, 2.75) is 26.5 Å². The predicted octanol–water partition coefficient (Wildman–Crippen LogP) is 3.65. The number of hydrogen-bond acceptors (Lipinski definition) is 6. The van der Waals surface area contributed by atoms with Crippen LogP contribution >= 0.6 is 23.2 Å². The van der Waals surface area contributed by atoms with Gasteiger partial charge in [-0.1, -0.05) is 53.5 Å². The van der Waals surface area contributed by atoms with Crippen LogP contribution in [0.15, 0.2) is 58.5 Å². The number of alkyl carbamates (subject to hydrolysis) is 1. The molecule has 1 aliphatic heterocycles. The second-order valence-corrected chi connectivity index (χ2v) is 8.31. The maximum absolute atomic E-state index is 12.4. The summed E-state index contributed by atoms with van der Waals surface area (Å²) in [6, 6.07) is 13.7. The van der Waals surface area contributed by atoms with E-state index >= 15 is 0 Å². The first-order chi connectivity index (χ1) is 16.7. The smallest absolute Gasteiger partial charge is 0.414 e. The van der Waals surface area contributed by atoms with Gasteiger partial charge in [0.1, 0.15) is 6.61 Å². The number of nitrogens with zero attached hydrogens (tertiary/aromatic N) is 3. The fourth-order valence-electron chi connectivity index (χ4n) is 2.92. The summed E-state index contributed by atoms with van der Waals surface area (Å²) in [6.07, 6.45) is -0.858. The minimum Gasteiger partial charge on any atom is -0.447 e. The fourth-order valence-corrected chi connectivity index (χ4v) is 3.22. The van der Waals surface area contributed by atoms with Gasteiger partial charge in [-0.2, -0.15) is 4.99 Å². The fraction of sp³-hybridized carbons (Fsp3) is 0.261. The lowest BCUT2D eigenvalue weighted by atomic mass is 10.2. The molecule has 35 heavy (non-hydrogen) atoms. The summed E-state index contributed by atoms with van der Waals surface area (Å²) in [7, 11) is 0. The molecule has 2 aromatic carbocycles. The molecule has 3 rings (SSSR count). The highest BCUT2D eigenvalue weighted by Crippen LogP contribution is 2.26. The monoisotopic (exact) mass is 519 g/mol. The second-order valence-electron chi connectivity index (χ2n) is 7.49. The van der Waals surface area contributed by atoms with E-state index in [0.717, 1.165) is 10.5 Å². The molecule has 0 radical (unpaired) electrons. The SMILES string of the molecule is CC(C)N1C(=O)C(=O)NC1=NC(=Nc1ccc(Cl)c(Cl)c1)NC(=O)OCCOCc1ccccc1. The molecule has 10 nitrogen and oxygen atoms in total. The Kier molecular flexibility index (Phi) is 9.18. The van der Waals surface area contributed by atoms with Crippen LogP contribution < -0.4 is 10.6 Å². The van der Waals surface area contributed by atoms with Crippen LogP contribution in [0.1, 0.15) is 19.4 Å². The molecule has 12 heteroatoms. The Morgan fingerprint density at radius 3 is 2.51 bits per heavy atom.